The molecule has 1 amide bonds. The molecule has 0 N–H and O–H groups in total. The standard InChI is InChI=1S/C17H22ClFN2O2/c1-20-8-9-23-17(11-16(20)22)4-6-21(7-5-17)12-13-2-3-14(18)10-15(13)19/h2-3,10H,4-9,11-12H2,1H3. The Bertz CT molecular complexity index is 588. The van der Waals surface area contributed by atoms with Gasteiger partial charge in [0, 0.05) is 43.8 Å². The number of nitrogens with zero attached hydrogens (tertiary/aromatic N) is 2. The first-order valence-corrected chi connectivity index (χ1v) is 8.39. The van der Waals surface area contributed by atoms with Crippen molar-refractivity contribution in [3.63, 3.8) is 0 Å². The van der Waals surface area contributed by atoms with E-state index < -0.39 is 0 Å². The van der Waals surface area contributed by atoms with Gasteiger partial charge in [0.2, 0.25) is 5.91 Å². The number of ether oxygens (including phenoxy) is 1. The molecule has 3 rings (SSSR count). The minimum absolute atomic E-state index is 0.152. The third kappa shape index (κ3) is 3.84. The lowest BCUT2D eigenvalue weighted by Crippen LogP contribution is -2.46. The molecule has 1 aromatic rings. The van der Waals surface area contributed by atoms with Gasteiger partial charge in [0.15, 0.2) is 0 Å². The number of carbonyl (C=O) groups excluding carboxylic acids is 1. The number of rotatable bonds is 2. The fourth-order valence-corrected chi connectivity index (χ4v) is 3.47. The monoisotopic (exact) mass is 340 g/mol. The van der Waals surface area contributed by atoms with Crippen molar-refractivity contribution in [3.8, 4) is 0 Å². The highest BCUT2D eigenvalue weighted by Gasteiger charge is 2.39. The molecule has 1 spiro atoms. The van der Waals surface area contributed by atoms with Crippen LogP contribution in [-0.4, -0.2) is 54.6 Å². The third-order valence-corrected chi connectivity index (χ3v) is 5.15. The van der Waals surface area contributed by atoms with Crippen molar-refractivity contribution >= 4 is 17.5 Å². The lowest BCUT2D eigenvalue weighted by atomic mass is 9.87. The molecular weight excluding hydrogens is 319 g/mol. The molecule has 0 aromatic heterocycles. The second-order valence-electron chi connectivity index (χ2n) is 6.54. The van der Waals surface area contributed by atoms with Crippen LogP contribution in [0.5, 0.6) is 0 Å². The fraction of sp³-hybridized carbons (Fsp3) is 0.588. The third-order valence-electron chi connectivity index (χ3n) is 4.91. The minimum Gasteiger partial charge on any atom is -0.373 e. The Morgan fingerprint density at radius 2 is 2.04 bits per heavy atom. The van der Waals surface area contributed by atoms with Gasteiger partial charge in [0.25, 0.3) is 0 Å². The average molecular weight is 341 g/mol. The van der Waals surface area contributed by atoms with Crippen LogP contribution in [0.4, 0.5) is 4.39 Å². The summed E-state index contributed by atoms with van der Waals surface area (Å²) in [6, 6.07) is 4.81. The first-order valence-electron chi connectivity index (χ1n) is 8.02. The van der Waals surface area contributed by atoms with Gasteiger partial charge in [0.05, 0.1) is 18.6 Å². The van der Waals surface area contributed by atoms with Crippen molar-refractivity contribution in [2.75, 3.05) is 33.3 Å². The van der Waals surface area contributed by atoms with Crippen LogP contribution in [0.2, 0.25) is 5.02 Å². The van der Waals surface area contributed by atoms with Crippen molar-refractivity contribution in [2.45, 2.75) is 31.4 Å². The largest absolute Gasteiger partial charge is 0.373 e. The Morgan fingerprint density at radius 1 is 1.30 bits per heavy atom. The van der Waals surface area contributed by atoms with Gasteiger partial charge in [-0.25, -0.2) is 4.39 Å². The summed E-state index contributed by atoms with van der Waals surface area (Å²) in [5, 5.41) is 0.415. The van der Waals surface area contributed by atoms with Gasteiger partial charge in [-0.2, -0.15) is 0 Å². The lowest BCUT2D eigenvalue weighted by molar-refractivity contribution is -0.134. The zero-order valence-corrected chi connectivity index (χ0v) is 14.1. The van der Waals surface area contributed by atoms with Crippen LogP contribution < -0.4 is 0 Å². The van der Waals surface area contributed by atoms with Crippen molar-refractivity contribution in [2.24, 2.45) is 0 Å². The number of piperidine rings is 1. The van der Waals surface area contributed by atoms with E-state index in [1.54, 1.807) is 17.0 Å². The van der Waals surface area contributed by atoms with Gasteiger partial charge >= 0.3 is 0 Å². The Kier molecular flexibility index (Phi) is 4.90. The van der Waals surface area contributed by atoms with E-state index in [0.29, 0.717) is 36.7 Å². The Morgan fingerprint density at radius 3 is 2.74 bits per heavy atom. The van der Waals surface area contributed by atoms with Crippen LogP contribution in [0, 0.1) is 5.82 Å². The highest BCUT2D eigenvalue weighted by atomic mass is 35.5. The van der Waals surface area contributed by atoms with Crippen molar-refractivity contribution < 1.29 is 13.9 Å². The molecule has 2 fully saturated rings. The molecule has 2 aliphatic rings. The second kappa shape index (κ2) is 6.75. The summed E-state index contributed by atoms with van der Waals surface area (Å²) in [4.78, 5) is 16.1. The number of benzene rings is 1. The topological polar surface area (TPSA) is 32.8 Å². The minimum atomic E-state index is -0.336. The first kappa shape index (κ1) is 16.7. The second-order valence-corrected chi connectivity index (χ2v) is 6.97. The zero-order valence-electron chi connectivity index (χ0n) is 13.4. The molecule has 4 nitrogen and oxygen atoms in total. The van der Waals surface area contributed by atoms with Gasteiger partial charge in [0.1, 0.15) is 5.82 Å². The first-order chi connectivity index (χ1) is 11.0. The van der Waals surface area contributed by atoms with E-state index >= 15 is 0 Å². The predicted octanol–water partition coefficient (Wildman–Crippen LogP) is 2.69. The van der Waals surface area contributed by atoms with Gasteiger partial charge in [-0.1, -0.05) is 17.7 Å². The summed E-state index contributed by atoms with van der Waals surface area (Å²) in [6.07, 6.45) is 2.07. The molecule has 1 aromatic carbocycles. The van der Waals surface area contributed by atoms with Crippen LogP contribution in [-0.2, 0) is 16.1 Å². The maximum atomic E-state index is 13.9. The number of halogens is 2. The maximum absolute atomic E-state index is 13.9. The molecular formula is C17H22ClFN2O2. The van der Waals surface area contributed by atoms with Crippen LogP contribution in [0.25, 0.3) is 0 Å². The summed E-state index contributed by atoms with van der Waals surface area (Å²) in [6.45, 7) is 3.42. The van der Waals surface area contributed by atoms with E-state index in [-0.39, 0.29) is 17.3 Å². The van der Waals surface area contributed by atoms with E-state index in [9.17, 15) is 9.18 Å². The number of carbonyl (C=O) groups is 1. The number of likely N-dealkylation sites (N-methyl/N-ethyl adjacent to an activating group) is 1. The fourth-order valence-electron chi connectivity index (χ4n) is 3.32. The highest BCUT2D eigenvalue weighted by Crippen LogP contribution is 2.32. The van der Waals surface area contributed by atoms with Gasteiger partial charge in [-0.15, -0.1) is 0 Å². The van der Waals surface area contributed by atoms with Gasteiger partial charge in [-0.3, -0.25) is 9.69 Å². The van der Waals surface area contributed by atoms with Crippen molar-refractivity contribution in [3.05, 3.63) is 34.6 Å². The predicted molar refractivity (Wildman–Crippen MR) is 86.9 cm³/mol. The summed E-state index contributed by atoms with van der Waals surface area (Å²) in [5.41, 5.74) is 0.319. The molecule has 126 valence electrons. The summed E-state index contributed by atoms with van der Waals surface area (Å²) in [7, 11) is 1.82. The molecule has 6 heteroatoms. The normalized spacial score (nSPS) is 22.4. The van der Waals surface area contributed by atoms with E-state index in [1.807, 2.05) is 7.05 Å². The summed E-state index contributed by atoms with van der Waals surface area (Å²) >= 11 is 5.79. The molecule has 0 atom stereocenters. The molecule has 0 unspecified atom stereocenters. The van der Waals surface area contributed by atoms with Gasteiger partial charge < -0.3 is 9.64 Å². The molecule has 0 radical (unpaired) electrons. The molecule has 2 saturated heterocycles. The van der Waals surface area contributed by atoms with Crippen LogP contribution in [0.1, 0.15) is 24.8 Å². The number of hydrogen-bond acceptors (Lipinski definition) is 3. The zero-order chi connectivity index (χ0) is 16.4. The molecule has 2 heterocycles. The van der Waals surface area contributed by atoms with Gasteiger partial charge in [-0.05, 0) is 25.0 Å². The highest BCUT2D eigenvalue weighted by molar-refractivity contribution is 6.30. The molecule has 23 heavy (non-hydrogen) atoms. The number of likely N-dealkylation sites (tertiary alicyclic amines) is 1. The van der Waals surface area contributed by atoms with Crippen LogP contribution >= 0.6 is 11.6 Å². The van der Waals surface area contributed by atoms with Crippen molar-refractivity contribution in [1.29, 1.82) is 0 Å². The van der Waals surface area contributed by atoms with E-state index in [2.05, 4.69) is 4.90 Å². The molecule has 0 saturated carbocycles. The Labute approximate surface area is 141 Å². The van der Waals surface area contributed by atoms with E-state index in [4.69, 9.17) is 16.3 Å². The smallest absolute Gasteiger partial charge is 0.225 e. The number of amides is 1. The van der Waals surface area contributed by atoms with Crippen LogP contribution in [0.15, 0.2) is 18.2 Å². The summed E-state index contributed by atoms with van der Waals surface area (Å²) in [5.74, 6) is -0.111. The quantitative estimate of drug-likeness (QED) is 0.830. The lowest BCUT2D eigenvalue weighted by Gasteiger charge is -2.40. The van der Waals surface area contributed by atoms with Crippen LogP contribution in [0.3, 0.4) is 0 Å². The Balaban J connectivity index is 1.60. The van der Waals surface area contributed by atoms with E-state index in [0.717, 1.165) is 25.9 Å². The SMILES string of the molecule is CN1CCOC2(CCN(Cc3ccc(Cl)cc3F)CC2)CC1=O. The average Bonchev–Trinajstić information content (AvgIpc) is 2.64. The summed E-state index contributed by atoms with van der Waals surface area (Å²) < 4.78 is 19.9. The molecule has 0 aliphatic carbocycles. The molecule has 2 aliphatic heterocycles. The van der Waals surface area contributed by atoms with Crippen molar-refractivity contribution in [1.82, 2.24) is 9.80 Å². The maximum Gasteiger partial charge on any atom is 0.225 e. The van der Waals surface area contributed by atoms with E-state index in [1.165, 1.54) is 6.07 Å². The molecule has 0 bridgehead atoms. The Hall–Kier alpha value is -1.17. The number of hydrogen-bond donors (Lipinski definition) is 0.